The third-order valence-electron chi connectivity index (χ3n) is 5.23. The largest absolute Gasteiger partial charge is 0.348 e. The molecule has 6 nitrogen and oxygen atoms in total. The van der Waals surface area contributed by atoms with Gasteiger partial charge >= 0.3 is 6.03 Å². The summed E-state index contributed by atoms with van der Waals surface area (Å²) in [5, 5.41) is 2.87. The monoisotopic (exact) mass is 418 g/mol. The minimum atomic E-state index is -0.320. The average molecular weight is 418 g/mol. The fourth-order valence-corrected chi connectivity index (χ4v) is 3.60. The Morgan fingerprint density at radius 2 is 1.94 bits per heavy atom. The van der Waals surface area contributed by atoms with Gasteiger partial charge in [0.15, 0.2) is 0 Å². The molecule has 158 valence electrons. The third kappa shape index (κ3) is 4.88. The van der Waals surface area contributed by atoms with Gasteiger partial charge in [0.25, 0.3) is 5.91 Å². The lowest BCUT2D eigenvalue weighted by atomic mass is 10.1. The molecule has 1 aliphatic rings. The molecular formula is C24H23FN4O2. The molecule has 4 rings (SSSR count). The van der Waals surface area contributed by atoms with Crippen molar-refractivity contribution in [1.82, 2.24) is 15.2 Å². The van der Waals surface area contributed by atoms with Crippen LogP contribution in [0, 0.1) is 5.82 Å². The summed E-state index contributed by atoms with van der Waals surface area (Å²) in [5.74, 6) is -0.543. The molecular weight excluding hydrogens is 395 g/mol. The number of anilines is 1. The van der Waals surface area contributed by atoms with E-state index in [0.717, 1.165) is 12.0 Å². The van der Waals surface area contributed by atoms with Gasteiger partial charge < -0.3 is 10.2 Å². The van der Waals surface area contributed by atoms with E-state index in [-0.39, 0.29) is 24.3 Å². The molecule has 2 heterocycles. The Hall–Kier alpha value is -3.74. The Kier molecular flexibility index (Phi) is 6.21. The van der Waals surface area contributed by atoms with Crippen LogP contribution in [0.4, 0.5) is 14.9 Å². The number of nitrogens with zero attached hydrogens (tertiary/aromatic N) is 3. The highest BCUT2D eigenvalue weighted by molar-refractivity contribution is 5.98. The van der Waals surface area contributed by atoms with Gasteiger partial charge in [-0.05, 0) is 42.3 Å². The lowest BCUT2D eigenvalue weighted by Crippen LogP contribution is -2.49. The number of hydrogen-bond donors (Lipinski definition) is 1. The van der Waals surface area contributed by atoms with E-state index in [1.807, 2.05) is 18.2 Å². The van der Waals surface area contributed by atoms with E-state index >= 15 is 0 Å². The van der Waals surface area contributed by atoms with Crippen LogP contribution in [0.2, 0.25) is 0 Å². The second-order valence-corrected chi connectivity index (χ2v) is 7.40. The van der Waals surface area contributed by atoms with Crippen molar-refractivity contribution in [2.24, 2.45) is 0 Å². The van der Waals surface area contributed by atoms with Crippen LogP contribution in [0.25, 0.3) is 0 Å². The predicted molar refractivity (Wildman–Crippen MR) is 116 cm³/mol. The predicted octanol–water partition coefficient (Wildman–Crippen LogP) is 3.98. The first-order chi connectivity index (χ1) is 15.1. The number of halogens is 1. The molecule has 0 bridgehead atoms. The molecule has 3 amide bonds. The summed E-state index contributed by atoms with van der Waals surface area (Å²) in [6.45, 7) is 1.70. The molecule has 0 saturated carbocycles. The Morgan fingerprint density at radius 3 is 2.74 bits per heavy atom. The van der Waals surface area contributed by atoms with E-state index in [0.29, 0.717) is 36.4 Å². The number of nitrogens with one attached hydrogen (secondary N) is 1. The Bertz CT molecular complexity index is 1070. The number of carbonyl (C=O) groups is 2. The minimum absolute atomic E-state index is 0.192. The first-order valence-corrected chi connectivity index (χ1v) is 10.2. The number of hydrogen-bond acceptors (Lipinski definition) is 3. The summed E-state index contributed by atoms with van der Waals surface area (Å²) < 4.78 is 14.0. The van der Waals surface area contributed by atoms with E-state index in [2.05, 4.69) is 10.3 Å². The maximum atomic E-state index is 14.0. The number of benzene rings is 2. The van der Waals surface area contributed by atoms with Crippen molar-refractivity contribution in [2.75, 3.05) is 18.0 Å². The van der Waals surface area contributed by atoms with Crippen LogP contribution in [-0.4, -0.2) is 34.9 Å². The standard InChI is InChI=1S/C24H23FN4O2/c25-22-10-2-1-7-20(22)17-28-12-5-13-29(24(28)31)21-9-3-8-19(14-21)23(30)27-16-18-6-4-11-26-15-18/h1-4,6-11,14-15H,5,12-13,16-17H2,(H,27,30). The van der Waals surface area contributed by atoms with Crippen LogP contribution >= 0.6 is 0 Å². The molecule has 0 unspecified atom stereocenters. The summed E-state index contributed by atoms with van der Waals surface area (Å²) in [7, 11) is 0. The average Bonchev–Trinajstić information content (AvgIpc) is 2.81. The molecule has 1 aliphatic heterocycles. The fourth-order valence-electron chi connectivity index (χ4n) is 3.60. The molecule has 0 spiro atoms. The molecule has 0 atom stereocenters. The first-order valence-electron chi connectivity index (χ1n) is 10.2. The van der Waals surface area contributed by atoms with Gasteiger partial charge in [-0.3, -0.25) is 14.7 Å². The summed E-state index contributed by atoms with van der Waals surface area (Å²) in [5.41, 5.74) is 2.51. The molecule has 1 N–H and O–H groups in total. The number of aromatic nitrogens is 1. The molecule has 1 aromatic heterocycles. The van der Waals surface area contributed by atoms with Gasteiger partial charge in [-0.15, -0.1) is 0 Å². The van der Waals surface area contributed by atoms with Crippen molar-refractivity contribution in [3.63, 3.8) is 0 Å². The highest BCUT2D eigenvalue weighted by atomic mass is 19.1. The quantitative estimate of drug-likeness (QED) is 0.659. The Labute approximate surface area is 180 Å². The Balaban J connectivity index is 1.45. The number of carbonyl (C=O) groups excluding carboxylic acids is 2. The van der Waals surface area contributed by atoms with Crippen LogP contribution in [0.5, 0.6) is 0 Å². The van der Waals surface area contributed by atoms with E-state index in [9.17, 15) is 14.0 Å². The van der Waals surface area contributed by atoms with Gasteiger partial charge in [0.05, 0.1) is 6.54 Å². The number of pyridine rings is 1. The van der Waals surface area contributed by atoms with Gasteiger partial charge in [-0.1, -0.05) is 30.3 Å². The number of rotatable bonds is 6. The minimum Gasteiger partial charge on any atom is -0.348 e. The van der Waals surface area contributed by atoms with Crippen LogP contribution in [0.15, 0.2) is 73.1 Å². The highest BCUT2D eigenvalue weighted by Gasteiger charge is 2.27. The molecule has 1 fully saturated rings. The molecule has 0 aliphatic carbocycles. The normalized spacial score (nSPS) is 13.9. The zero-order valence-electron chi connectivity index (χ0n) is 17.0. The molecule has 0 radical (unpaired) electrons. The van der Waals surface area contributed by atoms with Gasteiger partial charge in [-0.2, -0.15) is 0 Å². The molecule has 1 saturated heterocycles. The zero-order valence-corrected chi connectivity index (χ0v) is 17.0. The third-order valence-corrected chi connectivity index (χ3v) is 5.23. The van der Waals surface area contributed by atoms with Crippen molar-refractivity contribution in [3.8, 4) is 0 Å². The maximum Gasteiger partial charge on any atom is 0.324 e. The van der Waals surface area contributed by atoms with Gasteiger partial charge in [0.2, 0.25) is 0 Å². The second-order valence-electron chi connectivity index (χ2n) is 7.40. The molecule has 2 aromatic carbocycles. The van der Waals surface area contributed by atoms with E-state index in [4.69, 9.17) is 0 Å². The summed E-state index contributed by atoms with van der Waals surface area (Å²) >= 11 is 0. The van der Waals surface area contributed by atoms with Gasteiger partial charge in [-0.25, -0.2) is 9.18 Å². The van der Waals surface area contributed by atoms with Crippen LogP contribution < -0.4 is 10.2 Å². The van der Waals surface area contributed by atoms with Crippen molar-refractivity contribution < 1.29 is 14.0 Å². The maximum absolute atomic E-state index is 14.0. The fraction of sp³-hybridized carbons (Fsp3) is 0.208. The van der Waals surface area contributed by atoms with Crippen molar-refractivity contribution in [2.45, 2.75) is 19.5 Å². The lowest BCUT2D eigenvalue weighted by Gasteiger charge is -2.36. The SMILES string of the molecule is O=C(NCc1cccnc1)c1cccc(N2CCCN(Cc3ccccc3F)C2=O)c1. The number of urea groups is 1. The van der Waals surface area contributed by atoms with Crippen molar-refractivity contribution >= 4 is 17.6 Å². The second kappa shape index (κ2) is 9.38. The molecule has 31 heavy (non-hydrogen) atoms. The summed E-state index contributed by atoms with van der Waals surface area (Å²) in [4.78, 5) is 33.0. The van der Waals surface area contributed by atoms with Gasteiger partial charge in [0, 0.05) is 48.8 Å². The molecule has 3 aromatic rings. The Morgan fingerprint density at radius 1 is 1.06 bits per heavy atom. The topological polar surface area (TPSA) is 65.5 Å². The first kappa shape index (κ1) is 20.5. The van der Waals surface area contributed by atoms with E-state index in [1.165, 1.54) is 6.07 Å². The van der Waals surface area contributed by atoms with E-state index in [1.54, 1.807) is 58.6 Å². The van der Waals surface area contributed by atoms with Crippen LogP contribution in [0.1, 0.15) is 27.9 Å². The highest BCUT2D eigenvalue weighted by Crippen LogP contribution is 2.23. The summed E-state index contributed by atoms with van der Waals surface area (Å²) in [6, 6.07) is 17.0. The van der Waals surface area contributed by atoms with E-state index < -0.39 is 0 Å². The van der Waals surface area contributed by atoms with Crippen LogP contribution in [-0.2, 0) is 13.1 Å². The lowest BCUT2D eigenvalue weighted by molar-refractivity contribution is 0.0950. The summed E-state index contributed by atoms with van der Waals surface area (Å²) in [6.07, 6.45) is 4.14. The van der Waals surface area contributed by atoms with Crippen molar-refractivity contribution in [3.05, 3.63) is 95.6 Å². The van der Waals surface area contributed by atoms with Crippen molar-refractivity contribution in [1.29, 1.82) is 0 Å². The van der Waals surface area contributed by atoms with Crippen LogP contribution in [0.3, 0.4) is 0 Å². The van der Waals surface area contributed by atoms with Gasteiger partial charge in [0.1, 0.15) is 5.82 Å². The smallest absolute Gasteiger partial charge is 0.324 e. The zero-order chi connectivity index (χ0) is 21.6. The number of amides is 3. The molecule has 7 heteroatoms.